The summed E-state index contributed by atoms with van der Waals surface area (Å²) >= 11 is 1.79. The van der Waals surface area contributed by atoms with Crippen LogP contribution in [0.3, 0.4) is 0 Å². The van der Waals surface area contributed by atoms with Crippen molar-refractivity contribution in [3.63, 3.8) is 0 Å². The predicted molar refractivity (Wildman–Crippen MR) is 60.7 cm³/mol. The molecule has 0 aliphatic heterocycles. The first kappa shape index (κ1) is 12.8. The van der Waals surface area contributed by atoms with Gasteiger partial charge in [-0.2, -0.15) is 11.8 Å². The van der Waals surface area contributed by atoms with E-state index in [0.29, 0.717) is 18.1 Å². The molecule has 0 heterocycles. The van der Waals surface area contributed by atoms with Gasteiger partial charge in [-0.05, 0) is 31.4 Å². The maximum Gasteiger partial charge on any atom is 0.325 e. The van der Waals surface area contributed by atoms with Gasteiger partial charge in [-0.3, -0.25) is 4.79 Å². The van der Waals surface area contributed by atoms with Gasteiger partial charge < -0.3 is 15.6 Å². The van der Waals surface area contributed by atoms with Gasteiger partial charge in [0.15, 0.2) is 0 Å². The third-order valence-corrected chi connectivity index (χ3v) is 4.15. The molecule has 1 rings (SSSR count). The smallest absolute Gasteiger partial charge is 0.325 e. The van der Waals surface area contributed by atoms with Gasteiger partial charge >= 0.3 is 5.97 Å². The van der Waals surface area contributed by atoms with Gasteiger partial charge in [-0.1, -0.05) is 0 Å². The van der Waals surface area contributed by atoms with E-state index in [2.05, 4.69) is 0 Å². The lowest BCUT2D eigenvalue weighted by molar-refractivity contribution is -0.146. The lowest BCUT2D eigenvalue weighted by Gasteiger charge is -2.20. The highest BCUT2D eigenvalue weighted by molar-refractivity contribution is 7.99. The zero-order valence-corrected chi connectivity index (χ0v) is 9.89. The molecular formula is C10H19NO3S. The first-order valence-electron chi connectivity index (χ1n) is 5.22. The van der Waals surface area contributed by atoms with Crippen LogP contribution in [0.4, 0.5) is 0 Å². The van der Waals surface area contributed by atoms with Crippen molar-refractivity contribution in [3.05, 3.63) is 0 Å². The summed E-state index contributed by atoms with van der Waals surface area (Å²) in [5, 5.41) is 9.09. The molecule has 0 spiro atoms. The Kier molecular flexibility index (Phi) is 4.89. The van der Waals surface area contributed by atoms with Crippen molar-refractivity contribution in [2.45, 2.75) is 36.5 Å². The van der Waals surface area contributed by atoms with Crippen molar-refractivity contribution in [2.75, 3.05) is 19.5 Å². The Bertz CT molecular complexity index is 225. The Labute approximate surface area is 94.6 Å². The minimum absolute atomic E-state index is 0.227. The molecule has 2 atom stereocenters. The average Bonchev–Trinajstić information content (AvgIpc) is 2.61. The Hall–Kier alpha value is -0.260. The molecule has 4 nitrogen and oxygen atoms in total. The van der Waals surface area contributed by atoms with Crippen LogP contribution in [0, 0.1) is 0 Å². The second kappa shape index (κ2) is 5.72. The highest BCUT2D eigenvalue weighted by Gasteiger charge is 2.42. The third kappa shape index (κ3) is 3.36. The number of esters is 1. The number of carbonyl (C=O) groups excluding carboxylic acids is 1. The summed E-state index contributed by atoms with van der Waals surface area (Å²) < 4.78 is 4.70. The van der Waals surface area contributed by atoms with Crippen LogP contribution in [0.15, 0.2) is 0 Å². The number of rotatable bonds is 5. The number of thioether (sulfide) groups is 1. The van der Waals surface area contributed by atoms with Crippen LogP contribution in [-0.4, -0.2) is 41.3 Å². The molecule has 1 aliphatic rings. The molecule has 0 aromatic rings. The summed E-state index contributed by atoms with van der Waals surface area (Å²) in [5.41, 5.74) is 5.20. The molecule has 1 aliphatic carbocycles. The van der Waals surface area contributed by atoms with Gasteiger partial charge in [-0.25, -0.2) is 0 Å². The molecule has 0 aromatic carbocycles. The van der Waals surface area contributed by atoms with Gasteiger partial charge in [0, 0.05) is 11.9 Å². The SMILES string of the molecule is COC(=O)C1(N)CCC(SCCCO)C1. The first-order valence-corrected chi connectivity index (χ1v) is 6.27. The molecule has 2 unspecified atom stereocenters. The molecule has 0 amide bonds. The summed E-state index contributed by atoms with van der Waals surface area (Å²) in [4.78, 5) is 11.4. The van der Waals surface area contributed by atoms with Crippen LogP contribution in [0.1, 0.15) is 25.7 Å². The van der Waals surface area contributed by atoms with E-state index >= 15 is 0 Å². The molecule has 1 fully saturated rings. The van der Waals surface area contributed by atoms with Crippen molar-refractivity contribution in [1.82, 2.24) is 0 Å². The second-order valence-corrected chi connectivity index (χ2v) is 5.37. The fourth-order valence-electron chi connectivity index (χ4n) is 1.87. The second-order valence-electron chi connectivity index (χ2n) is 3.96. The minimum Gasteiger partial charge on any atom is -0.468 e. The summed E-state index contributed by atoms with van der Waals surface area (Å²) in [6, 6.07) is 0. The lowest BCUT2D eigenvalue weighted by atomic mass is 10.00. The Balaban J connectivity index is 2.34. The highest BCUT2D eigenvalue weighted by Crippen LogP contribution is 2.36. The monoisotopic (exact) mass is 233 g/mol. The van der Waals surface area contributed by atoms with Gasteiger partial charge in [0.05, 0.1) is 7.11 Å². The van der Waals surface area contributed by atoms with Gasteiger partial charge in [0.1, 0.15) is 5.54 Å². The normalized spacial score (nSPS) is 30.5. The number of ether oxygens (including phenoxy) is 1. The van der Waals surface area contributed by atoms with Gasteiger partial charge in [0.25, 0.3) is 0 Å². The van der Waals surface area contributed by atoms with E-state index in [1.54, 1.807) is 11.8 Å². The summed E-state index contributed by atoms with van der Waals surface area (Å²) in [6.45, 7) is 0.227. The molecular weight excluding hydrogens is 214 g/mol. The van der Waals surface area contributed by atoms with Crippen LogP contribution < -0.4 is 5.73 Å². The fourth-order valence-corrected chi connectivity index (χ4v) is 3.20. The molecule has 15 heavy (non-hydrogen) atoms. The van der Waals surface area contributed by atoms with Crippen molar-refractivity contribution in [2.24, 2.45) is 5.73 Å². The lowest BCUT2D eigenvalue weighted by Crippen LogP contribution is -2.46. The van der Waals surface area contributed by atoms with Crippen molar-refractivity contribution < 1.29 is 14.6 Å². The number of aliphatic hydroxyl groups is 1. The standard InChI is InChI=1S/C10H19NO3S/c1-14-9(13)10(11)4-3-8(7-10)15-6-2-5-12/h8,12H,2-7,11H2,1H3. The van der Waals surface area contributed by atoms with E-state index in [4.69, 9.17) is 15.6 Å². The van der Waals surface area contributed by atoms with Crippen molar-refractivity contribution in [3.8, 4) is 0 Å². The average molecular weight is 233 g/mol. The number of hydrogen-bond acceptors (Lipinski definition) is 5. The molecule has 1 saturated carbocycles. The van der Waals surface area contributed by atoms with E-state index in [9.17, 15) is 4.79 Å². The molecule has 0 radical (unpaired) electrons. The van der Waals surface area contributed by atoms with Crippen LogP contribution in [0.2, 0.25) is 0 Å². The number of hydrogen-bond donors (Lipinski definition) is 2. The predicted octanol–water partition coefficient (Wildman–Crippen LogP) is 0.525. The molecule has 0 aromatic heterocycles. The van der Waals surface area contributed by atoms with E-state index in [1.165, 1.54) is 7.11 Å². The topological polar surface area (TPSA) is 72.5 Å². The summed E-state index contributed by atoms with van der Waals surface area (Å²) in [5.74, 6) is 0.631. The Morgan fingerprint density at radius 1 is 1.73 bits per heavy atom. The third-order valence-electron chi connectivity index (χ3n) is 2.75. The fraction of sp³-hybridized carbons (Fsp3) is 0.900. The van der Waals surface area contributed by atoms with Crippen LogP contribution in [-0.2, 0) is 9.53 Å². The number of carbonyl (C=O) groups is 1. The molecule has 88 valence electrons. The van der Waals surface area contributed by atoms with Crippen molar-refractivity contribution in [1.29, 1.82) is 0 Å². The summed E-state index contributed by atoms with van der Waals surface area (Å²) in [6.07, 6.45) is 3.16. The maximum atomic E-state index is 11.4. The van der Waals surface area contributed by atoms with Gasteiger partial charge in [0.2, 0.25) is 0 Å². The van der Waals surface area contributed by atoms with E-state index < -0.39 is 5.54 Å². The Morgan fingerprint density at radius 2 is 2.47 bits per heavy atom. The van der Waals surface area contributed by atoms with E-state index in [1.807, 2.05) is 0 Å². The minimum atomic E-state index is -0.772. The number of methoxy groups -OCH3 is 1. The zero-order chi connectivity index (χ0) is 11.3. The van der Waals surface area contributed by atoms with Crippen molar-refractivity contribution >= 4 is 17.7 Å². The molecule has 5 heteroatoms. The van der Waals surface area contributed by atoms with Crippen LogP contribution >= 0.6 is 11.8 Å². The highest BCUT2D eigenvalue weighted by atomic mass is 32.2. The molecule has 0 bridgehead atoms. The maximum absolute atomic E-state index is 11.4. The van der Waals surface area contributed by atoms with Gasteiger partial charge in [-0.15, -0.1) is 0 Å². The first-order chi connectivity index (χ1) is 7.12. The molecule has 3 N–H and O–H groups in total. The van der Waals surface area contributed by atoms with E-state index in [0.717, 1.165) is 18.6 Å². The quantitative estimate of drug-likeness (QED) is 0.535. The van der Waals surface area contributed by atoms with Crippen LogP contribution in [0.5, 0.6) is 0 Å². The Morgan fingerprint density at radius 3 is 3.07 bits per heavy atom. The number of aliphatic hydroxyl groups excluding tert-OH is 1. The van der Waals surface area contributed by atoms with Crippen LogP contribution in [0.25, 0.3) is 0 Å². The largest absolute Gasteiger partial charge is 0.468 e. The summed E-state index contributed by atoms with van der Waals surface area (Å²) in [7, 11) is 1.38. The number of nitrogens with two attached hydrogens (primary N) is 1. The van der Waals surface area contributed by atoms with E-state index in [-0.39, 0.29) is 12.6 Å². The molecule has 0 saturated heterocycles. The zero-order valence-electron chi connectivity index (χ0n) is 9.07.